The van der Waals surface area contributed by atoms with Crippen LogP contribution in [0.3, 0.4) is 0 Å². The number of alkyl halides is 1. The van der Waals surface area contributed by atoms with E-state index in [-0.39, 0.29) is 0 Å². The minimum atomic E-state index is 0.358. The number of benzene rings is 1. The second-order valence-electron chi connectivity index (χ2n) is 7.27. The largest absolute Gasteiger partial charge is 0.365 e. The predicted octanol–water partition coefficient (Wildman–Crippen LogP) is 3.96. The van der Waals surface area contributed by atoms with Crippen molar-refractivity contribution in [3.63, 3.8) is 0 Å². The van der Waals surface area contributed by atoms with Gasteiger partial charge >= 0.3 is 0 Å². The third-order valence-corrected chi connectivity index (χ3v) is 7.21. The average molecular weight is 285 g/mol. The molecular formula is C18H17ClO. The first-order chi connectivity index (χ1) is 9.90. The fraction of sp³-hybridized carbons (Fsp3) is 0.556. The molecule has 3 fully saturated rings. The molecule has 1 saturated heterocycles. The molecule has 2 heterocycles. The van der Waals surface area contributed by atoms with E-state index in [0.29, 0.717) is 12.2 Å². The van der Waals surface area contributed by atoms with Gasteiger partial charge in [0.2, 0.25) is 0 Å². The van der Waals surface area contributed by atoms with Gasteiger partial charge in [0, 0.05) is 17.7 Å². The molecule has 1 aromatic carbocycles. The molecule has 0 aromatic heterocycles. The second kappa shape index (κ2) is 3.34. The summed E-state index contributed by atoms with van der Waals surface area (Å²) in [6.45, 7) is 0. The molecule has 1 aromatic rings. The van der Waals surface area contributed by atoms with Gasteiger partial charge < -0.3 is 4.74 Å². The van der Waals surface area contributed by atoms with Crippen molar-refractivity contribution >= 4 is 11.6 Å². The lowest BCUT2D eigenvalue weighted by Gasteiger charge is -2.45. The van der Waals surface area contributed by atoms with E-state index in [4.69, 9.17) is 16.3 Å². The first kappa shape index (κ1) is 10.9. The normalized spacial score (nSPS) is 55.5. The maximum atomic E-state index is 6.44. The van der Waals surface area contributed by atoms with Crippen molar-refractivity contribution in [1.29, 1.82) is 0 Å². The lowest BCUT2D eigenvalue weighted by atomic mass is 9.57. The van der Waals surface area contributed by atoms with E-state index in [1.165, 1.54) is 11.1 Å². The SMILES string of the molecule is ClCC1[C@@H]2[C@@H]3C=C[C@H]([C@H]12)[C@@H]1[C@H]3[C@@H]2O[C@H]1c1ccccc12. The van der Waals surface area contributed by atoms with Crippen LogP contribution in [0.1, 0.15) is 23.3 Å². The van der Waals surface area contributed by atoms with Crippen LogP contribution in [-0.2, 0) is 4.74 Å². The van der Waals surface area contributed by atoms with Gasteiger partial charge in [-0.15, -0.1) is 11.6 Å². The Morgan fingerprint density at radius 3 is 1.90 bits per heavy atom. The van der Waals surface area contributed by atoms with E-state index < -0.39 is 0 Å². The molecule has 4 aliphatic carbocycles. The molecule has 102 valence electrons. The number of allylic oxidation sites excluding steroid dienone is 2. The van der Waals surface area contributed by atoms with Gasteiger partial charge in [-0.25, -0.2) is 0 Å². The van der Waals surface area contributed by atoms with Gasteiger partial charge in [0.1, 0.15) is 0 Å². The zero-order valence-electron chi connectivity index (χ0n) is 11.2. The highest BCUT2D eigenvalue weighted by Crippen LogP contribution is 2.75. The van der Waals surface area contributed by atoms with Crippen LogP contribution in [0.15, 0.2) is 36.4 Å². The van der Waals surface area contributed by atoms with E-state index in [2.05, 4.69) is 36.4 Å². The molecule has 1 unspecified atom stereocenters. The summed E-state index contributed by atoms with van der Waals surface area (Å²) in [5, 5.41) is 0. The number of hydrogen-bond donors (Lipinski definition) is 0. The molecule has 2 saturated carbocycles. The molecule has 9 atom stereocenters. The summed E-state index contributed by atoms with van der Waals surface area (Å²) in [5.41, 5.74) is 2.94. The Balaban J connectivity index is 1.51. The number of fused-ring (bicyclic) bond motifs is 5. The van der Waals surface area contributed by atoms with Crippen LogP contribution in [-0.4, -0.2) is 5.88 Å². The van der Waals surface area contributed by atoms with E-state index in [9.17, 15) is 0 Å². The van der Waals surface area contributed by atoms with Crippen molar-refractivity contribution in [3.05, 3.63) is 47.5 Å². The van der Waals surface area contributed by atoms with Crippen molar-refractivity contribution in [2.75, 3.05) is 5.88 Å². The number of ether oxygens (including phenoxy) is 1. The standard InChI is InChI=1S/C18H17ClO/c19-7-12-13-10-5-6-11(14(12)13)16-15(10)17-8-3-1-2-4-9(8)18(16)20-17/h1-6,10-18H,7H2/t10-,11+,12?,13-,14+,15-,16+,17+,18-. The summed E-state index contributed by atoms with van der Waals surface area (Å²) in [5.74, 6) is 6.24. The van der Waals surface area contributed by atoms with Crippen LogP contribution in [0.25, 0.3) is 0 Å². The van der Waals surface area contributed by atoms with Gasteiger partial charge in [-0.2, -0.15) is 0 Å². The lowest BCUT2D eigenvalue weighted by molar-refractivity contribution is 0.0497. The Hall–Kier alpha value is -0.790. The minimum absolute atomic E-state index is 0.358. The van der Waals surface area contributed by atoms with Crippen molar-refractivity contribution in [2.24, 2.45) is 41.4 Å². The molecule has 0 N–H and O–H groups in total. The first-order valence-corrected chi connectivity index (χ1v) is 8.42. The molecule has 20 heavy (non-hydrogen) atoms. The number of rotatable bonds is 1. The highest BCUT2D eigenvalue weighted by Gasteiger charge is 2.71. The van der Waals surface area contributed by atoms with Gasteiger partial charge in [-0.05, 0) is 40.7 Å². The third kappa shape index (κ3) is 1.00. The third-order valence-electron chi connectivity index (χ3n) is 6.85. The van der Waals surface area contributed by atoms with Crippen molar-refractivity contribution in [3.8, 4) is 0 Å². The average Bonchev–Trinajstić information content (AvgIpc) is 2.97. The van der Waals surface area contributed by atoms with E-state index in [1.54, 1.807) is 0 Å². The van der Waals surface area contributed by atoms with Gasteiger partial charge in [0.25, 0.3) is 0 Å². The van der Waals surface area contributed by atoms with Crippen LogP contribution in [0.5, 0.6) is 0 Å². The van der Waals surface area contributed by atoms with Gasteiger partial charge in [-0.1, -0.05) is 36.4 Å². The second-order valence-corrected chi connectivity index (χ2v) is 7.58. The summed E-state index contributed by atoms with van der Waals surface area (Å²) >= 11 is 6.21. The van der Waals surface area contributed by atoms with Gasteiger partial charge in [0.05, 0.1) is 12.2 Å². The molecule has 0 spiro atoms. The summed E-state index contributed by atoms with van der Waals surface area (Å²) in [4.78, 5) is 0. The first-order valence-electron chi connectivity index (χ1n) is 7.88. The Morgan fingerprint density at radius 2 is 1.40 bits per heavy atom. The van der Waals surface area contributed by atoms with E-state index >= 15 is 0 Å². The molecule has 1 nitrogen and oxygen atoms in total. The smallest absolute Gasteiger partial charge is 0.0874 e. The van der Waals surface area contributed by atoms with E-state index in [1.807, 2.05) is 0 Å². The molecule has 0 radical (unpaired) electrons. The molecule has 2 aliphatic heterocycles. The molecule has 4 bridgehead atoms. The highest BCUT2D eigenvalue weighted by molar-refractivity contribution is 6.18. The minimum Gasteiger partial charge on any atom is -0.365 e. The Labute approximate surface area is 124 Å². The fourth-order valence-corrected chi connectivity index (χ4v) is 6.66. The zero-order valence-corrected chi connectivity index (χ0v) is 11.9. The van der Waals surface area contributed by atoms with Crippen LogP contribution in [0.4, 0.5) is 0 Å². The number of halogens is 1. The molecule has 2 heteroatoms. The molecule has 6 aliphatic rings. The van der Waals surface area contributed by atoms with Gasteiger partial charge in [0.15, 0.2) is 0 Å². The van der Waals surface area contributed by atoms with Crippen LogP contribution < -0.4 is 0 Å². The van der Waals surface area contributed by atoms with Gasteiger partial charge in [-0.3, -0.25) is 0 Å². The highest BCUT2D eigenvalue weighted by atomic mass is 35.5. The van der Waals surface area contributed by atoms with Crippen molar-refractivity contribution < 1.29 is 4.74 Å². The fourth-order valence-electron chi connectivity index (χ4n) is 6.25. The Kier molecular flexibility index (Phi) is 1.81. The van der Waals surface area contributed by atoms with Crippen LogP contribution in [0.2, 0.25) is 0 Å². The molecule has 7 rings (SSSR count). The maximum Gasteiger partial charge on any atom is 0.0874 e. The molecule has 0 amide bonds. The van der Waals surface area contributed by atoms with Crippen LogP contribution in [0, 0.1) is 41.4 Å². The predicted molar refractivity (Wildman–Crippen MR) is 77.3 cm³/mol. The van der Waals surface area contributed by atoms with Crippen LogP contribution >= 0.6 is 11.6 Å². The monoisotopic (exact) mass is 284 g/mol. The molecular weight excluding hydrogens is 268 g/mol. The summed E-state index contributed by atoms with van der Waals surface area (Å²) in [7, 11) is 0. The Morgan fingerprint density at radius 1 is 0.850 bits per heavy atom. The summed E-state index contributed by atoms with van der Waals surface area (Å²) < 4.78 is 6.44. The van der Waals surface area contributed by atoms with Crippen molar-refractivity contribution in [1.82, 2.24) is 0 Å². The lowest BCUT2D eigenvalue weighted by Crippen LogP contribution is -2.41. The van der Waals surface area contributed by atoms with E-state index in [0.717, 1.165) is 47.3 Å². The summed E-state index contributed by atoms with van der Waals surface area (Å²) in [6, 6.07) is 8.89. The maximum absolute atomic E-state index is 6.44. The topological polar surface area (TPSA) is 9.23 Å². The number of hydrogen-bond acceptors (Lipinski definition) is 1. The summed E-state index contributed by atoms with van der Waals surface area (Å²) in [6.07, 6.45) is 5.73. The quantitative estimate of drug-likeness (QED) is 0.560. The van der Waals surface area contributed by atoms with Crippen molar-refractivity contribution in [2.45, 2.75) is 12.2 Å². The zero-order chi connectivity index (χ0) is 13.0. The Bertz CT molecular complexity index is 587.